The van der Waals surface area contributed by atoms with E-state index in [0.717, 1.165) is 18.0 Å². The molecule has 0 bridgehead atoms. The summed E-state index contributed by atoms with van der Waals surface area (Å²) in [5.41, 5.74) is 1.26. The van der Waals surface area contributed by atoms with E-state index in [0.29, 0.717) is 23.2 Å². The topological polar surface area (TPSA) is 76.2 Å². The van der Waals surface area contributed by atoms with Crippen molar-refractivity contribution in [3.05, 3.63) is 38.5 Å². The molecular formula is C13H18BrN5O2. The molecule has 0 saturated carbocycles. The second-order valence-electron chi connectivity index (χ2n) is 4.99. The van der Waals surface area contributed by atoms with Gasteiger partial charge in [-0.15, -0.1) is 0 Å². The second kappa shape index (κ2) is 6.86. The SMILES string of the molecule is Cc1cc(CNc2cnn(CCN(C)C)c(=O)c2Br)no1. The number of aromatic nitrogens is 3. The van der Waals surface area contributed by atoms with Gasteiger partial charge in [0.05, 0.1) is 25.0 Å². The van der Waals surface area contributed by atoms with E-state index < -0.39 is 0 Å². The molecule has 0 saturated heterocycles. The molecule has 0 spiro atoms. The molecule has 2 aromatic rings. The molecule has 2 aromatic heterocycles. The van der Waals surface area contributed by atoms with Gasteiger partial charge in [-0.2, -0.15) is 5.10 Å². The molecule has 8 heteroatoms. The van der Waals surface area contributed by atoms with Crippen molar-refractivity contribution in [3.63, 3.8) is 0 Å². The summed E-state index contributed by atoms with van der Waals surface area (Å²) in [5.74, 6) is 0.753. The summed E-state index contributed by atoms with van der Waals surface area (Å²) in [6.07, 6.45) is 1.63. The van der Waals surface area contributed by atoms with Gasteiger partial charge in [-0.3, -0.25) is 4.79 Å². The lowest BCUT2D eigenvalue weighted by Crippen LogP contribution is -2.29. The summed E-state index contributed by atoms with van der Waals surface area (Å²) in [6.45, 7) is 3.61. The highest BCUT2D eigenvalue weighted by molar-refractivity contribution is 9.10. The van der Waals surface area contributed by atoms with E-state index >= 15 is 0 Å². The van der Waals surface area contributed by atoms with E-state index in [1.54, 1.807) is 6.20 Å². The summed E-state index contributed by atoms with van der Waals surface area (Å²) in [7, 11) is 3.91. The summed E-state index contributed by atoms with van der Waals surface area (Å²) in [6, 6.07) is 1.84. The van der Waals surface area contributed by atoms with E-state index in [9.17, 15) is 4.79 Å². The van der Waals surface area contributed by atoms with Crippen LogP contribution in [-0.4, -0.2) is 40.5 Å². The highest BCUT2D eigenvalue weighted by Crippen LogP contribution is 2.17. The molecular weight excluding hydrogens is 338 g/mol. The quantitative estimate of drug-likeness (QED) is 0.845. The van der Waals surface area contributed by atoms with Gasteiger partial charge in [0.1, 0.15) is 15.9 Å². The molecule has 0 fully saturated rings. The molecule has 0 amide bonds. The zero-order chi connectivity index (χ0) is 15.4. The molecule has 0 radical (unpaired) electrons. The first-order chi connectivity index (χ1) is 9.97. The molecule has 114 valence electrons. The van der Waals surface area contributed by atoms with E-state index in [2.05, 4.69) is 31.5 Å². The normalized spacial score (nSPS) is 11.1. The van der Waals surface area contributed by atoms with Crippen LogP contribution in [0.3, 0.4) is 0 Å². The lowest BCUT2D eigenvalue weighted by Gasteiger charge is -2.12. The highest BCUT2D eigenvalue weighted by Gasteiger charge is 2.09. The fourth-order valence-electron chi connectivity index (χ4n) is 1.73. The van der Waals surface area contributed by atoms with Gasteiger partial charge in [-0.1, -0.05) is 5.16 Å². The molecule has 21 heavy (non-hydrogen) atoms. The predicted molar refractivity (Wildman–Crippen MR) is 83.3 cm³/mol. The third-order valence-electron chi connectivity index (χ3n) is 2.88. The van der Waals surface area contributed by atoms with Gasteiger partial charge in [-0.25, -0.2) is 4.68 Å². The van der Waals surface area contributed by atoms with Crippen LogP contribution >= 0.6 is 15.9 Å². The van der Waals surface area contributed by atoms with E-state index in [1.165, 1.54) is 4.68 Å². The molecule has 0 aromatic carbocycles. The number of hydrogen-bond acceptors (Lipinski definition) is 6. The minimum absolute atomic E-state index is 0.154. The van der Waals surface area contributed by atoms with Crippen LogP contribution in [0.1, 0.15) is 11.5 Å². The zero-order valence-corrected chi connectivity index (χ0v) is 13.8. The van der Waals surface area contributed by atoms with Crippen molar-refractivity contribution < 1.29 is 4.52 Å². The lowest BCUT2D eigenvalue weighted by atomic mass is 10.3. The lowest BCUT2D eigenvalue weighted by molar-refractivity contribution is 0.367. The van der Waals surface area contributed by atoms with Crippen LogP contribution in [-0.2, 0) is 13.1 Å². The standard InChI is InChI=1S/C13H18BrN5O2/c1-9-6-10(17-21-9)7-15-11-8-16-19(5-4-18(2)3)13(20)12(11)14/h6,8,15H,4-5,7H2,1-3H3. The highest BCUT2D eigenvalue weighted by atomic mass is 79.9. The Labute approximate surface area is 131 Å². The summed E-state index contributed by atoms with van der Waals surface area (Å²) in [4.78, 5) is 14.2. The monoisotopic (exact) mass is 355 g/mol. The number of aryl methyl sites for hydroxylation is 1. The average Bonchev–Trinajstić information content (AvgIpc) is 2.85. The molecule has 7 nitrogen and oxygen atoms in total. The zero-order valence-electron chi connectivity index (χ0n) is 12.3. The van der Waals surface area contributed by atoms with Crippen LogP contribution in [0.25, 0.3) is 0 Å². The minimum atomic E-state index is -0.154. The number of rotatable bonds is 6. The largest absolute Gasteiger partial charge is 0.377 e. The Morgan fingerprint density at radius 2 is 2.24 bits per heavy atom. The molecule has 0 atom stereocenters. The molecule has 0 aliphatic rings. The van der Waals surface area contributed by atoms with Crippen molar-refractivity contribution in [1.82, 2.24) is 19.8 Å². The van der Waals surface area contributed by atoms with Crippen molar-refractivity contribution >= 4 is 21.6 Å². The average molecular weight is 356 g/mol. The van der Waals surface area contributed by atoms with Crippen LogP contribution in [0.4, 0.5) is 5.69 Å². The van der Waals surface area contributed by atoms with Crippen molar-refractivity contribution in [3.8, 4) is 0 Å². The Hall–Kier alpha value is -1.67. The van der Waals surface area contributed by atoms with E-state index in [-0.39, 0.29) is 5.56 Å². The third kappa shape index (κ3) is 4.15. The fourth-order valence-corrected chi connectivity index (χ4v) is 2.18. The maximum Gasteiger partial charge on any atom is 0.283 e. The van der Waals surface area contributed by atoms with Gasteiger partial charge in [0.25, 0.3) is 5.56 Å². The third-order valence-corrected chi connectivity index (χ3v) is 3.65. The first-order valence-corrected chi connectivity index (χ1v) is 7.33. The van der Waals surface area contributed by atoms with Gasteiger partial charge in [0.15, 0.2) is 0 Å². The van der Waals surface area contributed by atoms with E-state index in [1.807, 2.05) is 32.0 Å². The molecule has 0 aliphatic heterocycles. The van der Waals surface area contributed by atoms with Crippen molar-refractivity contribution in [2.75, 3.05) is 26.0 Å². The predicted octanol–water partition coefficient (Wildman–Crippen LogP) is 1.48. The number of hydrogen-bond donors (Lipinski definition) is 1. The van der Waals surface area contributed by atoms with E-state index in [4.69, 9.17) is 4.52 Å². The number of anilines is 1. The van der Waals surface area contributed by atoms with Crippen LogP contribution in [0, 0.1) is 6.92 Å². The van der Waals surface area contributed by atoms with Gasteiger partial charge in [0.2, 0.25) is 0 Å². The maximum absolute atomic E-state index is 12.2. The van der Waals surface area contributed by atoms with Crippen LogP contribution in [0.2, 0.25) is 0 Å². The van der Waals surface area contributed by atoms with Crippen molar-refractivity contribution in [1.29, 1.82) is 0 Å². The van der Waals surface area contributed by atoms with Crippen molar-refractivity contribution in [2.45, 2.75) is 20.0 Å². The van der Waals surface area contributed by atoms with Gasteiger partial charge in [-0.05, 0) is 36.9 Å². The number of nitrogens with one attached hydrogen (secondary N) is 1. The smallest absolute Gasteiger partial charge is 0.283 e. The van der Waals surface area contributed by atoms with Crippen LogP contribution in [0.15, 0.2) is 26.1 Å². The van der Waals surface area contributed by atoms with Crippen molar-refractivity contribution in [2.24, 2.45) is 0 Å². The number of nitrogens with zero attached hydrogens (tertiary/aromatic N) is 4. The maximum atomic E-state index is 12.2. The Balaban J connectivity index is 2.07. The Kier molecular flexibility index (Phi) is 5.13. The molecule has 0 unspecified atom stereocenters. The first-order valence-electron chi connectivity index (χ1n) is 6.54. The summed E-state index contributed by atoms with van der Waals surface area (Å²) >= 11 is 3.32. The Morgan fingerprint density at radius 1 is 1.48 bits per heavy atom. The molecule has 2 heterocycles. The van der Waals surface area contributed by atoms with Crippen LogP contribution in [0.5, 0.6) is 0 Å². The van der Waals surface area contributed by atoms with Crippen LogP contribution < -0.4 is 10.9 Å². The number of likely N-dealkylation sites (N-methyl/N-ethyl adjacent to an activating group) is 1. The molecule has 1 N–H and O–H groups in total. The number of halogens is 1. The minimum Gasteiger partial charge on any atom is -0.377 e. The Morgan fingerprint density at radius 3 is 2.86 bits per heavy atom. The van der Waals surface area contributed by atoms with Gasteiger partial charge < -0.3 is 14.7 Å². The van der Waals surface area contributed by atoms with Gasteiger partial charge in [0, 0.05) is 12.6 Å². The summed E-state index contributed by atoms with van der Waals surface area (Å²) in [5, 5.41) is 11.2. The molecule has 2 rings (SSSR count). The first kappa shape index (κ1) is 15.7. The molecule has 0 aliphatic carbocycles. The van der Waals surface area contributed by atoms with Gasteiger partial charge >= 0.3 is 0 Å². The Bertz CT molecular complexity index is 665. The second-order valence-corrected chi connectivity index (χ2v) is 5.78. The summed E-state index contributed by atoms with van der Waals surface area (Å²) < 4.78 is 6.90. The fraction of sp³-hybridized carbons (Fsp3) is 0.462.